The van der Waals surface area contributed by atoms with Crippen molar-refractivity contribution < 1.29 is 9.84 Å². The molecule has 0 aliphatic heterocycles. The van der Waals surface area contributed by atoms with E-state index in [0.717, 1.165) is 36.1 Å². The molecule has 1 aliphatic rings. The minimum Gasteiger partial charge on any atom is -0.497 e. The van der Waals surface area contributed by atoms with Crippen molar-refractivity contribution in [3.05, 3.63) is 29.3 Å². The Kier molecular flexibility index (Phi) is 3.66. The van der Waals surface area contributed by atoms with Crippen LogP contribution in [0, 0.1) is 17.8 Å². The standard InChI is InChI=1S/C18H28O2/c1-13-9-14(20-6)7-8-15(13)18(19)11-16(2,3)10-17(4,5)12-18/h7-9,19H,10-12H2,1-6H3. The molecule has 0 spiro atoms. The van der Waals surface area contributed by atoms with Crippen molar-refractivity contribution in [2.45, 2.75) is 59.5 Å². The Morgan fingerprint density at radius 2 is 1.55 bits per heavy atom. The molecule has 1 aromatic rings. The first kappa shape index (κ1) is 15.4. The maximum Gasteiger partial charge on any atom is 0.119 e. The van der Waals surface area contributed by atoms with Crippen molar-refractivity contribution in [1.29, 1.82) is 0 Å². The predicted octanol–water partition coefficient (Wildman–Crippen LogP) is 4.43. The Morgan fingerprint density at radius 3 is 2.00 bits per heavy atom. The van der Waals surface area contributed by atoms with Crippen LogP contribution in [0.2, 0.25) is 0 Å². The van der Waals surface area contributed by atoms with Crippen LogP contribution >= 0.6 is 0 Å². The van der Waals surface area contributed by atoms with Gasteiger partial charge < -0.3 is 9.84 Å². The van der Waals surface area contributed by atoms with Crippen molar-refractivity contribution in [2.75, 3.05) is 7.11 Å². The average molecular weight is 276 g/mol. The maximum atomic E-state index is 11.3. The van der Waals surface area contributed by atoms with E-state index in [9.17, 15) is 5.11 Å². The van der Waals surface area contributed by atoms with Gasteiger partial charge in [0, 0.05) is 0 Å². The van der Waals surface area contributed by atoms with Crippen molar-refractivity contribution in [1.82, 2.24) is 0 Å². The number of methoxy groups -OCH3 is 1. The Morgan fingerprint density at radius 1 is 1.00 bits per heavy atom. The quantitative estimate of drug-likeness (QED) is 0.866. The Bertz CT molecular complexity index is 484. The number of rotatable bonds is 2. The molecule has 0 atom stereocenters. The van der Waals surface area contributed by atoms with E-state index in [0.29, 0.717) is 0 Å². The van der Waals surface area contributed by atoms with Crippen molar-refractivity contribution >= 4 is 0 Å². The van der Waals surface area contributed by atoms with Gasteiger partial charge in [0.25, 0.3) is 0 Å². The molecule has 0 bridgehead atoms. The van der Waals surface area contributed by atoms with Gasteiger partial charge in [-0.1, -0.05) is 33.8 Å². The number of ether oxygens (including phenoxy) is 1. The molecule has 2 rings (SSSR count). The predicted molar refractivity (Wildman–Crippen MR) is 83.0 cm³/mol. The lowest BCUT2D eigenvalue weighted by molar-refractivity contribution is -0.0916. The molecule has 1 aliphatic carbocycles. The molecule has 0 unspecified atom stereocenters. The van der Waals surface area contributed by atoms with Gasteiger partial charge in [-0.05, 0) is 60.3 Å². The van der Waals surface area contributed by atoms with E-state index in [2.05, 4.69) is 34.6 Å². The third kappa shape index (κ3) is 3.01. The maximum absolute atomic E-state index is 11.3. The van der Waals surface area contributed by atoms with Crippen LogP contribution in [-0.4, -0.2) is 12.2 Å². The van der Waals surface area contributed by atoms with Gasteiger partial charge in [0.2, 0.25) is 0 Å². The van der Waals surface area contributed by atoms with Crippen LogP contribution in [0.4, 0.5) is 0 Å². The van der Waals surface area contributed by atoms with Crippen molar-refractivity contribution in [2.24, 2.45) is 10.8 Å². The minimum absolute atomic E-state index is 0.156. The normalized spacial score (nSPS) is 23.4. The second-order valence-corrected chi connectivity index (χ2v) is 8.07. The molecule has 112 valence electrons. The molecule has 1 fully saturated rings. The fraction of sp³-hybridized carbons (Fsp3) is 0.667. The average Bonchev–Trinajstić information content (AvgIpc) is 2.23. The van der Waals surface area contributed by atoms with Gasteiger partial charge in [0.05, 0.1) is 12.7 Å². The summed E-state index contributed by atoms with van der Waals surface area (Å²) in [6.45, 7) is 11.1. The lowest BCUT2D eigenvalue weighted by Crippen LogP contribution is -2.44. The molecule has 1 N–H and O–H groups in total. The zero-order valence-corrected chi connectivity index (χ0v) is 13.7. The molecule has 1 saturated carbocycles. The fourth-order valence-corrected chi connectivity index (χ4v) is 4.54. The monoisotopic (exact) mass is 276 g/mol. The molecular weight excluding hydrogens is 248 g/mol. The second kappa shape index (κ2) is 4.77. The van der Waals surface area contributed by atoms with Gasteiger partial charge in [-0.25, -0.2) is 0 Å². The molecule has 2 heteroatoms. The smallest absolute Gasteiger partial charge is 0.119 e. The van der Waals surface area contributed by atoms with Gasteiger partial charge in [-0.2, -0.15) is 0 Å². The van der Waals surface area contributed by atoms with Gasteiger partial charge in [-0.3, -0.25) is 0 Å². The van der Waals surface area contributed by atoms with E-state index in [-0.39, 0.29) is 10.8 Å². The number of benzene rings is 1. The van der Waals surface area contributed by atoms with Gasteiger partial charge in [-0.15, -0.1) is 0 Å². The van der Waals surface area contributed by atoms with Gasteiger partial charge in [0.15, 0.2) is 0 Å². The van der Waals surface area contributed by atoms with Crippen LogP contribution in [0.25, 0.3) is 0 Å². The topological polar surface area (TPSA) is 29.5 Å². The summed E-state index contributed by atoms with van der Waals surface area (Å²) in [6.07, 6.45) is 2.78. The van der Waals surface area contributed by atoms with E-state index in [1.54, 1.807) is 7.11 Å². The molecular formula is C18H28O2. The van der Waals surface area contributed by atoms with E-state index in [4.69, 9.17) is 4.74 Å². The van der Waals surface area contributed by atoms with E-state index in [1.807, 2.05) is 18.2 Å². The highest BCUT2D eigenvalue weighted by atomic mass is 16.5. The summed E-state index contributed by atoms with van der Waals surface area (Å²) in [4.78, 5) is 0. The molecule has 0 aromatic heterocycles. The van der Waals surface area contributed by atoms with Gasteiger partial charge in [0.1, 0.15) is 5.75 Å². The largest absolute Gasteiger partial charge is 0.497 e. The molecule has 20 heavy (non-hydrogen) atoms. The Hall–Kier alpha value is -1.02. The fourth-order valence-electron chi connectivity index (χ4n) is 4.54. The first-order chi connectivity index (χ1) is 9.07. The highest BCUT2D eigenvalue weighted by molar-refractivity contribution is 5.39. The highest BCUT2D eigenvalue weighted by Crippen LogP contribution is 2.54. The molecule has 1 aromatic carbocycles. The van der Waals surface area contributed by atoms with E-state index >= 15 is 0 Å². The summed E-state index contributed by atoms with van der Waals surface area (Å²) < 4.78 is 5.27. The summed E-state index contributed by atoms with van der Waals surface area (Å²) in [5, 5.41) is 11.3. The van der Waals surface area contributed by atoms with Crippen LogP contribution < -0.4 is 4.74 Å². The van der Waals surface area contributed by atoms with Crippen molar-refractivity contribution in [3.63, 3.8) is 0 Å². The summed E-state index contributed by atoms with van der Waals surface area (Å²) in [5.41, 5.74) is 1.74. The summed E-state index contributed by atoms with van der Waals surface area (Å²) in [6, 6.07) is 6.00. The van der Waals surface area contributed by atoms with E-state index in [1.165, 1.54) is 0 Å². The molecule has 0 saturated heterocycles. The summed E-state index contributed by atoms with van der Waals surface area (Å²) >= 11 is 0. The first-order valence-corrected chi connectivity index (χ1v) is 7.45. The number of hydrogen-bond donors (Lipinski definition) is 1. The summed E-state index contributed by atoms with van der Waals surface area (Å²) in [5.74, 6) is 0.851. The molecule has 0 amide bonds. The minimum atomic E-state index is -0.735. The number of hydrogen-bond acceptors (Lipinski definition) is 2. The highest BCUT2D eigenvalue weighted by Gasteiger charge is 2.47. The van der Waals surface area contributed by atoms with Crippen LogP contribution in [0.3, 0.4) is 0 Å². The Balaban J connectivity index is 2.44. The molecule has 0 radical (unpaired) electrons. The number of aryl methyl sites for hydroxylation is 1. The summed E-state index contributed by atoms with van der Waals surface area (Å²) in [7, 11) is 1.68. The van der Waals surface area contributed by atoms with Crippen molar-refractivity contribution in [3.8, 4) is 5.75 Å². The zero-order chi connectivity index (χ0) is 15.2. The SMILES string of the molecule is COc1ccc(C2(O)CC(C)(C)CC(C)(C)C2)c(C)c1. The van der Waals surface area contributed by atoms with Crippen LogP contribution in [-0.2, 0) is 5.60 Å². The first-order valence-electron chi connectivity index (χ1n) is 7.45. The van der Waals surface area contributed by atoms with Gasteiger partial charge >= 0.3 is 0 Å². The van der Waals surface area contributed by atoms with Crippen LogP contribution in [0.5, 0.6) is 5.75 Å². The lowest BCUT2D eigenvalue weighted by atomic mass is 9.58. The molecule has 0 heterocycles. The van der Waals surface area contributed by atoms with Crippen LogP contribution in [0.1, 0.15) is 58.1 Å². The second-order valence-electron chi connectivity index (χ2n) is 8.07. The third-order valence-corrected chi connectivity index (χ3v) is 4.43. The number of aliphatic hydroxyl groups is 1. The zero-order valence-electron chi connectivity index (χ0n) is 13.7. The third-order valence-electron chi connectivity index (χ3n) is 4.43. The lowest BCUT2D eigenvalue weighted by Gasteiger charge is -2.50. The Labute approximate surface area is 123 Å². The van der Waals surface area contributed by atoms with Crippen LogP contribution in [0.15, 0.2) is 18.2 Å². The van der Waals surface area contributed by atoms with E-state index < -0.39 is 5.60 Å². The molecule has 2 nitrogen and oxygen atoms in total.